The van der Waals surface area contributed by atoms with Crippen LogP contribution in [-0.2, 0) is 6.18 Å². The van der Waals surface area contributed by atoms with Crippen LogP contribution in [0.1, 0.15) is 5.56 Å². The molecule has 20 heavy (non-hydrogen) atoms. The highest BCUT2D eigenvalue weighted by atomic mass is 19.4. The maximum Gasteiger partial charge on any atom is 0.434 e. The summed E-state index contributed by atoms with van der Waals surface area (Å²) in [5, 5.41) is 0. The Morgan fingerprint density at radius 2 is 1.35 bits per heavy atom. The standard InChI is InChI=1S/C9H4F9NO/c10-7(11,12)4-1-2-5(19-3-4)20-6(8(13,14)15)9(16,17)18/h1-3,6H. The zero-order valence-corrected chi connectivity index (χ0v) is 9.07. The number of hydrogen-bond acceptors (Lipinski definition) is 2. The van der Waals surface area contributed by atoms with Crippen LogP contribution in [0.3, 0.4) is 0 Å². The first-order valence-electron chi connectivity index (χ1n) is 4.65. The Balaban J connectivity index is 2.97. The Hall–Kier alpha value is -1.68. The van der Waals surface area contributed by atoms with E-state index in [-0.39, 0.29) is 18.3 Å². The first-order chi connectivity index (χ1) is 8.82. The van der Waals surface area contributed by atoms with Crippen LogP contribution < -0.4 is 4.74 Å². The van der Waals surface area contributed by atoms with Gasteiger partial charge in [0.15, 0.2) is 0 Å². The average molecular weight is 313 g/mol. The Bertz CT molecular complexity index is 430. The van der Waals surface area contributed by atoms with E-state index in [0.717, 1.165) is 0 Å². The zero-order chi connectivity index (χ0) is 15.8. The predicted molar refractivity (Wildman–Crippen MR) is 45.8 cm³/mol. The average Bonchev–Trinajstić information content (AvgIpc) is 2.22. The van der Waals surface area contributed by atoms with Crippen LogP contribution in [0.2, 0.25) is 0 Å². The summed E-state index contributed by atoms with van der Waals surface area (Å²) in [6.45, 7) is 0. The zero-order valence-electron chi connectivity index (χ0n) is 9.07. The Labute approximate surface area is 105 Å². The number of hydrogen-bond donors (Lipinski definition) is 0. The molecule has 1 heterocycles. The number of nitrogens with zero attached hydrogens (tertiary/aromatic N) is 1. The lowest BCUT2D eigenvalue weighted by atomic mass is 10.3. The van der Waals surface area contributed by atoms with E-state index in [0.29, 0.717) is 0 Å². The molecule has 11 heteroatoms. The third-order valence-corrected chi connectivity index (χ3v) is 1.90. The molecule has 0 aliphatic carbocycles. The Morgan fingerprint density at radius 1 is 0.850 bits per heavy atom. The van der Waals surface area contributed by atoms with E-state index in [1.54, 1.807) is 0 Å². The van der Waals surface area contributed by atoms with E-state index in [4.69, 9.17) is 0 Å². The molecule has 0 aliphatic rings. The second kappa shape index (κ2) is 5.02. The van der Waals surface area contributed by atoms with Crippen molar-refractivity contribution < 1.29 is 44.3 Å². The minimum atomic E-state index is -5.78. The molecule has 0 spiro atoms. The Morgan fingerprint density at radius 3 is 1.65 bits per heavy atom. The van der Waals surface area contributed by atoms with Crippen molar-refractivity contribution in [2.45, 2.75) is 24.6 Å². The van der Waals surface area contributed by atoms with Crippen LogP contribution in [0.5, 0.6) is 5.88 Å². The van der Waals surface area contributed by atoms with Gasteiger partial charge < -0.3 is 4.74 Å². The van der Waals surface area contributed by atoms with Gasteiger partial charge >= 0.3 is 18.5 Å². The number of halogens is 9. The van der Waals surface area contributed by atoms with Crippen molar-refractivity contribution in [2.75, 3.05) is 0 Å². The van der Waals surface area contributed by atoms with E-state index in [1.165, 1.54) is 0 Å². The molecule has 0 fully saturated rings. The van der Waals surface area contributed by atoms with Crippen molar-refractivity contribution in [3.05, 3.63) is 23.9 Å². The molecular formula is C9H4F9NO. The van der Waals surface area contributed by atoms with Crippen molar-refractivity contribution in [1.29, 1.82) is 0 Å². The molecule has 0 amide bonds. The summed E-state index contributed by atoms with van der Waals surface area (Å²) in [6, 6.07) is 0.527. The van der Waals surface area contributed by atoms with Gasteiger partial charge in [0.05, 0.1) is 5.56 Å². The van der Waals surface area contributed by atoms with Crippen molar-refractivity contribution in [2.24, 2.45) is 0 Å². The first-order valence-corrected chi connectivity index (χ1v) is 4.65. The first kappa shape index (κ1) is 16.4. The van der Waals surface area contributed by atoms with Crippen molar-refractivity contribution in [1.82, 2.24) is 4.98 Å². The number of rotatable bonds is 2. The van der Waals surface area contributed by atoms with Crippen LogP contribution >= 0.6 is 0 Å². The van der Waals surface area contributed by atoms with Crippen LogP contribution in [0.15, 0.2) is 18.3 Å². The van der Waals surface area contributed by atoms with Crippen LogP contribution in [0, 0.1) is 0 Å². The minimum Gasteiger partial charge on any atom is -0.455 e. The summed E-state index contributed by atoms with van der Waals surface area (Å²) in [7, 11) is 0. The minimum absolute atomic E-state index is 0.0686. The smallest absolute Gasteiger partial charge is 0.434 e. The lowest BCUT2D eigenvalue weighted by molar-refractivity contribution is -0.300. The van der Waals surface area contributed by atoms with Crippen LogP contribution in [0.25, 0.3) is 0 Å². The number of pyridine rings is 1. The lowest BCUT2D eigenvalue weighted by Gasteiger charge is -2.23. The third-order valence-electron chi connectivity index (χ3n) is 1.90. The molecule has 0 radical (unpaired) electrons. The molecule has 0 atom stereocenters. The summed E-state index contributed by atoms with van der Waals surface area (Å²) in [4.78, 5) is 2.77. The highest BCUT2D eigenvalue weighted by Crippen LogP contribution is 2.36. The van der Waals surface area contributed by atoms with Gasteiger partial charge in [-0.05, 0) is 6.07 Å². The van der Waals surface area contributed by atoms with Gasteiger partial charge in [-0.15, -0.1) is 0 Å². The fraction of sp³-hybridized carbons (Fsp3) is 0.444. The summed E-state index contributed by atoms with van der Waals surface area (Å²) >= 11 is 0. The van der Waals surface area contributed by atoms with Crippen LogP contribution in [0.4, 0.5) is 39.5 Å². The molecule has 0 N–H and O–H groups in total. The van der Waals surface area contributed by atoms with Gasteiger partial charge in [-0.2, -0.15) is 39.5 Å². The van der Waals surface area contributed by atoms with Crippen molar-refractivity contribution >= 4 is 0 Å². The fourth-order valence-corrected chi connectivity index (χ4v) is 1.06. The second-order valence-corrected chi connectivity index (χ2v) is 3.46. The highest BCUT2D eigenvalue weighted by molar-refractivity contribution is 5.20. The van der Waals surface area contributed by atoms with E-state index >= 15 is 0 Å². The van der Waals surface area contributed by atoms with Gasteiger partial charge in [-0.25, -0.2) is 4.98 Å². The lowest BCUT2D eigenvalue weighted by Crippen LogP contribution is -2.46. The van der Waals surface area contributed by atoms with Gasteiger partial charge in [0.2, 0.25) is 5.88 Å². The molecular weight excluding hydrogens is 309 g/mol. The summed E-state index contributed by atoms with van der Waals surface area (Å²) in [5.41, 5.74) is -1.33. The number of aromatic nitrogens is 1. The van der Waals surface area contributed by atoms with E-state index in [9.17, 15) is 39.5 Å². The summed E-state index contributed by atoms with van der Waals surface area (Å²) in [6.07, 6.45) is -20.5. The summed E-state index contributed by atoms with van der Waals surface area (Å²) < 4.78 is 113. The normalized spacial score (nSPS) is 13.7. The van der Waals surface area contributed by atoms with Crippen molar-refractivity contribution in [3.63, 3.8) is 0 Å². The number of alkyl halides is 9. The largest absolute Gasteiger partial charge is 0.455 e. The second-order valence-electron chi connectivity index (χ2n) is 3.46. The quantitative estimate of drug-likeness (QED) is 0.771. The molecule has 1 aromatic heterocycles. The van der Waals surface area contributed by atoms with E-state index < -0.39 is 36.1 Å². The predicted octanol–water partition coefficient (Wildman–Crippen LogP) is 3.97. The van der Waals surface area contributed by atoms with Gasteiger partial charge in [-0.1, -0.05) is 0 Å². The maximum absolute atomic E-state index is 12.1. The summed E-state index contributed by atoms with van der Waals surface area (Å²) in [5.74, 6) is -1.22. The van der Waals surface area contributed by atoms with E-state index in [1.807, 2.05) is 0 Å². The molecule has 0 aliphatic heterocycles. The molecule has 114 valence electrons. The molecule has 0 saturated heterocycles. The number of ether oxygens (including phenoxy) is 1. The van der Waals surface area contributed by atoms with Crippen molar-refractivity contribution in [3.8, 4) is 5.88 Å². The maximum atomic E-state index is 12.1. The molecule has 0 unspecified atom stereocenters. The topological polar surface area (TPSA) is 22.1 Å². The Kier molecular flexibility index (Phi) is 4.11. The molecule has 0 bridgehead atoms. The third kappa shape index (κ3) is 4.17. The molecule has 2 nitrogen and oxygen atoms in total. The van der Waals surface area contributed by atoms with E-state index in [2.05, 4.69) is 9.72 Å². The van der Waals surface area contributed by atoms with Gasteiger partial charge in [0.1, 0.15) is 0 Å². The van der Waals surface area contributed by atoms with Crippen LogP contribution in [-0.4, -0.2) is 23.4 Å². The van der Waals surface area contributed by atoms with Gasteiger partial charge in [0, 0.05) is 12.3 Å². The highest BCUT2D eigenvalue weighted by Gasteiger charge is 2.59. The molecule has 0 aromatic carbocycles. The monoisotopic (exact) mass is 313 g/mol. The van der Waals surface area contributed by atoms with Gasteiger partial charge in [0.25, 0.3) is 6.10 Å². The molecule has 1 rings (SSSR count). The fourth-order valence-electron chi connectivity index (χ4n) is 1.06. The molecule has 0 saturated carbocycles. The molecule has 1 aromatic rings. The SMILES string of the molecule is FC(F)(F)c1ccc(OC(C(F)(F)F)C(F)(F)F)nc1. The van der Waals surface area contributed by atoms with Gasteiger partial charge in [-0.3, -0.25) is 0 Å².